The van der Waals surface area contributed by atoms with E-state index in [0.717, 1.165) is 0 Å². The minimum atomic E-state index is -0.503. The van der Waals surface area contributed by atoms with E-state index < -0.39 is 5.97 Å². The lowest BCUT2D eigenvalue weighted by Crippen LogP contribution is -2.17. The molecular formula is C17H10ClNO3S2. The Labute approximate surface area is 152 Å². The molecule has 1 heterocycles. The molecule has 2 aromatic rings. The number of esters is 1. The van der Waals surface area contributed by atoms with Gasteiger partial charge in [0.15, 0.2) is 0 Å². The van der Waals surface area contributed by atoms with Crippen LogP contribution in [0.2, 0.25) is 5.02 Å². The smallest absolute Gasteiger partial charge is 0.343 e. The second kappa shape index (κ2) is 7.17. The Morgan fingerprint density at radius 1 is 1.17 bits per heavy atom. The molecule has 1 aliphatic heterocycles. The number of hydrogen-bond donors (Lipinski definition) is 1. The summed E-state index contributed by atoms with van der Waals surface area (Å²) in [5, 5.41) is 3.08. The molecular weight excluding hydrogens is 366 g/mol. The number of para-hydroxylation sites is 1. The average molecular weight is 376 g/mol. The van der Waals surface area contributed by atoms with Crippen molar-refractivity contribution in [2.75, 3.05) is 0 Å². The van der Waals surface area contributed by atoms with Crippen molar-refractivity contribution in [3.8, 4) is 5.75 Å². The summed E-state index contributed by atoms with van der Waals surface area (Å²) in [7, 11) is 0. The highest BCUT2D eigenvalue weighted by Crippen LogP contribution is 2.29. The number of amides is 1. The summed E-state index contributed by atoms with van der Waals surface area (Å²) < 4.78 is 5.85. The number of ether oxygens (including phenoxy) is 1. The summed E-state index contributed by atoms with van der Waals surface area (Å²) in [6.45, 7) is 0. The predicted octanol–water partition coefficient (Wildman–Crippen LogP) is 4.05. The van der Waals surface area contributed by atoms with Crippen LogP contribution in [0.1, 0.15) is 15.9 Å². The van der Waals surface area contributed by atoms with Crippen LogP contribution in [0, 0.1) is 0 Å². The molecule has 1 aliphatic rings. The fourth-order valence-corrected chi connectivity index (χ4v) is 3.16. The number of halogens is 1. The van der Waals surface area contributed by atoms with Crippen LogP contribution >= 0.6 is 35.6 Å². The van der Waals surface area contributed by atoms with Crippen LogP contribution in [-0.2, 0) is 4.79 Å². The van der Waals surface area contributed by atoms with Gasteiger partial charge in [-0.05, 0) is 36.4 Å². The molecule has 0 atom stereocenters. The Morgan fingerprint density at radius 2 is 1.88 bits per heavy atom. The number of benzene rings is 2. The van der Waals surface area contributed by atoms with E-state index in [1.165, 1.54) is 11.8 Å². The lowest BCUT2D eigenvalue weighted by atomic mass is 10.1. The molecule has 0 unspecified atom stereocenters. The van der Waals surface area contributed by atoms with Crippen LogP contribution in [0.4, 0.5) is 0 Å². The Balaban J connectivity index is 1.86. The predicted molar refractivity (Wildman–Crippen MR) is 99.2 cm³/mol. The first kappa shape index (κ1) is 16.7. The summed E-state index contributed by atoms with van der Waals surface area (Å²) in [4.78, 5) is 24.5. The fourth-order valence-electron chi connectivity index (χ4n) is 2.00. The molecule has 0 aromatic heterocycles. The number of nitrogens with one attached hydrogen (secondary N) is 1. The number of thioether (sulfide) groups is 1. The second-order valence-electron chi connectivity index (χ2n) is 4.79. The molecule has 2 aromatic carbocycles. The fraction of sp³-hybridized carbons (Fsp3) is 0. The van der Waals surface area contributed by atoms with Crippen LogP contribution in [0.15, 0.2) is 53.4 Å². The molecule has 3 rings (SSSR count). The van der Waals surface area contributed by atoms with Crippen molar-refractivity contribution in [2.45, 2.75) is 0 Å². The lowest BCUT2D eigenvalue weighted by molar-refractivity contribution is -0.115. The molecule has 120 valence electrons. The molecule has 0 saturated carbocycles. The number of carbonyl (C=O) groups excluding carboxylic acids is 2. The van der Waals surface area contributed by atoms with E-state index in [1.54, 1.807) is 54.6 Å². The minimum absolute atomic E-state index is 0.260. The van der Waals surface area contributed by atoms with Gasteiger partial charge in [0, 0.05) is 10.6 Å². The molecule has 0 aliphatic carbocycles. The van der Waals surface area contributed by atoms with Gasteiger partial charge in [0.05, 0.1) is 10.5 Å². The van der Waals surface area contributed by atoms with Crippen LogP contribution in [0.25, 0.3) is 6.08 Å². The van der Waals surface area contributed by atoms with E-state index in [1.807, 2.05) is 0 Å². The number of carbonyl (C=O) groups is 2. The largest absolute Gasteiger partial charge is 0.422 e. The first-order valence-electron chi connectivity index (χ1n) is 6.84. The van der Waals surface area contributed by atoms with Gasteiger partial charge >= 0.3 is 5.97 Å². The van der Waals surface area contributed by atoms with Crippen molar-refractivity contribution in [1.29, 1.82) is 0 Å². The lowest BCUT2D eigenvalue weighted by Gasteiger charge is -2.08. The van der Waals surface area contributed by atoms with E-state index >= 15 is 0 Å². The zero-order valence-electron chi connectivity index (χ0n) is 12.1. The third kappa shape index (κ3) is 3.84. The van der Waals surface area contributed by atoms with Crippen molar-refractivity contribution in [1.82, 2.24) is 5.32 Å². The van der Waals surface area contributed by atoms with E-state index in [-0.39, 0.29) is 5.91 Å². The highest BCUT2D eigenvalue weighted by Gasteiger charge is 2.22. The summed E-state index contributed by atoms with van der Waals surface area (Å²) >= 11 is 11.9. The van der Waals surface area contributed by atoms with Gasteiger partial charge in [-0.15, -0.1) is 0 Å². The van der Waals surface area contributed by atoms with E-state index in [9.17, 15) is 9.59 Å². The molecule has 0 spiro atoms. The Morgan fingerprint density at radius 3 is 2.54 bits per heavy atom. The van der Waals surface area contributed by atoms with Gasteiger partial charge in [-0.25, -0.2) is 4.79 Å². The number of rotatable bonds is 3. The summed E-state index contributed by atoms with van der Waals surface area (Å²) in [5.41, 5.74) is 0.998. The molecule has 0 bridgehead atoms. The summed E-state index contributed by atoms with van der Waals surface area (Å²) in [6, 6.07) is 13.4. The van der Waals surface area contributed by atoms with E-state index in [4.69, 9.17) is 28.6 Å². The van der Waals surface area contributed by atoms with Gasteiger partial charge in [-0.1, -0.05) is 53.8 Å². The third-order valence-electron chi connectivity index (χ3n) is 3.13. The molecule has 1 saturated heterocycles. The first-order valence-corrected chi connectivity index (χ1v) is 8.45. The average Bonchev–Trinajstić information content (AvgIpc) is 2.87. The highest BCUT2D eigenvalue weighted by molar-refractivity contribution is 8.26. The van der Waals surface area contributed by atoms with Gasteiger partial charge < -0.3 is 10.1 Å². The maximum absolute atomic E-state index is 12.2. The van der Waals surface area contributed by atoms with Gasteiger partial charge in [-0.2, -0.15) is 0 Å². The van der Waals surface area contributed by atoms with Crippen molar-refractivity contribution in [2.24, 2.45) is 0 Å². The second-order valence-corrected chi connectivity index (χ2v) is 6.94. The SMILES string of the molecule is O=C1NC(=S)SC1=Cc1ccccc1OC(=O)c1ccc(Cl)cc1. The van der Waals surface area contributed by atoms with Crippen LogP contribution < -0.4 is 10.1 Å². The highest BCUT2D eigenvalue weighted by atomic mass is 35.5. The molecule has 1 amide bonds. The Hall–Kier alpha value is -2.15. The van der Waals surface area contributed by atoms with E-state index in [0.29, 0.717) is 31.1 Å². The third-order valence-corrected chi connectivity index (χ3v) is 4.54. The quantitative estimate of drug-likeness (QED) is 0.379. The van der Waals surface area contributed by atoms with Crippen molar-refractivity contribution in [3.05, 3.63) is 69.6 Å². The van der Waals surface area contributed by atoms with Crippen molar-refractivity contribution >= 4 is 57.9 Å². The maximum atomic E-state index is 12.2. The van der Waals surface area contributed by atoms with Gasteiger partial charge in [0.1, 0.15) is 10.1 Å². The van der Waals surface area contributed by atoms with Gasteiger partial charge in [-0.3, -0.25) is 4.79 Å². The first-order chi connectivity index (χ1) is 11.5. The maximum Gasteiger partial charge on any atom is 0.343 e. The number of thiocarbonyl (C=S) groups is 1. The molecule has 4 nitrogen and oxygen atoms in total. The molecule has 0 radical (unpaired) electrons. The van der Waals surface area contributed by atoms with Gasteiger partial charge in [0.25, 0.3) is 5.91 Å². The summed E-state index contributed by atoms with van der Waals surface area (Å²) in [6.07, 6.45) is 1.64. The zero-order valence-corrected chi connectivity index (χ0v) is 14.5. The van der Waals surface area contributed by atoms with Crippen LogP contribution in [-0.4, -0.2) is 16.2 Å². The Bertz CT molecular complexity index is 862. The van der Waals surface area contributed by atoms with Crippen molar-refractivity contribution in [3.63, 3.8) is 0 Å². The molecule has 1 fully saturated rings. The summed E-state index contributed by atoms with van der Waals surface area (Å²) in [5.74, 6) is -0.406. The van der Waals surface area contributed by atoms with Crippen LogP contribution in [0.5, 0.6) is 5.75 Å². The minimum Gasteiger partial charge on any atom is -0.422 e. The zero-order chi connectivity index (χ0) is 17.1. The Kier molecular flexibility index (Phi) is 4.99. The normalized spacial score (nSPS) is 15.5. The standard InChI is InChI=1S/C17H10ClNO3S2/c18-12-7-5-10(6-8-12)16(21)22-13-4-2-1-3-11(13)9-14-15(20)19-17(23)24-14/h1-9H,(H,19,20,23). The van der Waals surface area contributed by atoms with Crippen molar-refractivity contribution < 1.29 is 14.3 Å². The van der Waals surface area contributed by atoms with E-state index in [2.05, 4.69) is 5.32 Å². The molecule has 1 N–H and O–H groups in total. The number of hydrogen-bond acceptors (Lipinski definition) is 5. The van der Waals surface area contributed by atoms with Crippen LogP contribution in [0.3, 0.4) is 0 Å². The van der Waals surface area contributed by atoms with Gasteiger partial charge in [0.2, 0.25) is 0 Å². The molecule has 24 heavy (non-hydrogen) atoms. The monoisotopic (exact) mass is 375 g/mol. The molecule has 7 heteroatoms. The topological polar surface area (TPSA) is 55.4 Å².